The van der Waals surface area contributed by atoms with E-state index in [2.05, 4.69) is 13.8 Å². The summed E-state index contributed by atoms with van der Waals surface area (Å²) >= 11 is 0. The first-order chi connectivity index (χ1) is 10.6. The van der Waals surface area contributed by atoms with E-state index in [1.54, 1.807) is 0 Å². The number of ether oxygens (including phenoxy) is 2. The van der Waals surface area contributed by atoms with Gasteiger partial charge in [-0.2, -0.15) is 0 Å². The lowest BCUT2D eigenvalue weighted by Crippen LogP contribution is -2.50. The van der Waals surface area contributed by atoms with Gasteiger partial charge in [0.2, 0.25) is 0 Å². The minimum absolute atomic E-state index is 0.0366. The molecule has 0 saturated heterocycles. The Labute approximate surface area is 133 Å². The molecule has 0 N–H and O–H groups in total. The Kier molecular flexibility index (Phi) is 5.87. The van der Waals surface area contributed by atoms with E-state index in [1.165, 1.54) is 0 Å². The molecule has 4 heteroatoms. The van der Waals surface area contributed by atoms with Crippen molar-refractivity contribution in [3.05, 3.63) is 0 Å². The Hall–Kier alpha value is -1.06. The van der Waals surface area contributed by atoms with Crippen LogP contribution in [0.1, 0.15) is 65.7 Å². The van der Waals surface area contributed by atoms with Crippen LogP contribution in [0.4, 0.5) is 0 Å². The molecule has 2 bridgehead atoms. The number of rotatable bonds is 8. The second kappa shape index (κ2) is 7.47. The highest BCUT2D eigenvalue weighted by Gasteiger charge is 2.66. The van der Waals surface area contributed by atoms with E-state index in [0.717, 1.165) is 44.9 Å². The third-order valence-electron chi connectivity index (χ3n) is 5.68. The number of esters is 2. The molecule has 0 heterocycles. The second-order valence-electron chi connectivity index (χ2n) is 6.91. The third-order valence-corrected chi connectivity index (χ3v) is 5.68. The molecule has 3 atom stereocenters. The number of unbranched alkanes of at least 4 members (excludes halogenated alkanes) is 2. The van der Waals surface area contributed by atoms with Gasteiger partial charge in [0.25, 0.3) is 0 Å². The molecular weight excluding hydrogens is 280 g/mol. The first-order valence-electron chi connectivity index (χ1n) is 8.93. The van der Waals surface area contributed by atoms with Gasteiger partial charge in [-0.25, -0.2) is 0 Å². The summed E-state index contributed by atoms with van der Waals surface area (Å²) in [5.41, 5.74) is -1.04. The fraction of sp³-hybridized carbons (Fsp3) is 0.889. The van der Waals surface area contributed by atoms with Gasteiger partial charge in [-0.1, -0.05) is 33.6 Å². The maximum atomic E-state index is 12.8. The second-order valence-corrected chi connectivity index (χ2v) is 6.91. The van der Waals surface area contributed by atoms with Crippen LogP contribution in [0.25, 0.3) is 0 Å². The van der Waals surface area contributed by atoms with Crippen molar-refractivity contribution in [2.24, 2.45) is 23.2 Å². The van der Waals surface area contributed by atoms with Crippen molar-refractivity contribution in [1.29, 1.82) is 0 Å². The fourth-order valence-corrected chi connectivity index (χ4v) is 4.27. The molecule has 126 valence electrons. The maximum absolute atomic E-state index is 12.8. The van der Waals surface area contributed by atoms with Gasteiger partial charge in [-0.3, -0.25) is 9.59 Å². The summed E-state index contributed by atoms with van der Waals surface area (Å²) in [6.07, 6.45) is 6.67. The van der Waals surface area contributed by atoms with E-state index in [4.69, 9.17) is 9.47 Å². The highest BCUT2D eigenvalue weighted by molar-refractivity contribution is 6.01. The van der Waals surface area contributed by atoms with Gasteiger partial charge < -0.3 is 9.47 Å². The van der Waals surface area contributed by atoms with Crippen LogP contribution in [-0.4, -0.2) is 25.2 Å². The van der Waals surface area contributed by atoms with E-state index in [1.807, 2.05) is 6.92 Å². The Morgan fingerprint density at radius 2 is 1.55 bits per heavy atom. The van der Waals surface area contributed by atoms with E-state index >= 15 is 0 Å². The van der Waals surface area contributed by atoms with E-state index < -0.39 is 5.41 Å². The predicted molar refractivity (Wildman–Crippen MR) is 84.2 cm³/mol. The number of fused-ring (bicyclic) bond motifs is 2. The van der Waals surface area contributed by atoms with Crippen LogP contribution in [0.3, 0.4) is 0 Å². The van der Waals surface area contributed by atoms with Crippen molar-refractivity contribution < 1.29 is 19.1 Å². The minimum Gasteiger partial charge on any atom is -0.465 e. The summed E-state index contributed by atoms with van der Waals surface area (Å²) in [5.74, 6) is -0.0583. The molecule has 0 aromatic heterocycles. The molecule has 2 rings (SSSR count). The molecule has 4 nitrogen and oxygen atoms in total. The SMILES string of the molecule is CCCCOC(=O)C1(C(=O)OCCCC)C2CCC(C2)C1C. The van der Waals surface area contributed by atoms with Gasteiger partial charge >= 0.3 is 11.9 Å². The lowest BCUT2D eigenvalue weighted by Gasteiger charge is -2.37. The predicted octanol–water partition coefficient (Wildman–Crippen LogP) is 3.73. The van der Waals surface area contributed by atoms with Crippen LogP contribution in [0, 0.1) is 23.2 Å². The first kappa shape index (κ1) is 17.3. The Balaban J connectivity index is 2.14. The van der Waals surface area contributed by atoms with Crippen molar-refractivity contribution in [3.8, 4) is 0 Å². The lowest BCUT2D eigenvalue weighted by atomic mass is 9.66. The molecule has 0 spiro atoms. The molecule has 0 aromatic carbocycles. The highest BCUT2D eigenvalue weighted by atomic mass is 16.6. The first-order valence-corrected chi connectivity index (χ1v) is 8.93. The third kappa shape index (κ3) is 2.89. The monoisotopic (exact) mass is 310 g/mol. The van der Waals surface area contributed by atoms with Crippen LogP contribution in [0.5, 0.6) is 0 Å². The largest absolute Gasteiger partial charge is 0.465 e. The highest BCUT2D eigenvalue weighted by Crippen LogP contribution is 2.60. The summed E-state index contributed by atoms with van der Waals surface area (Å²) in [7, 11) is 0. The number of hydrogen-bond donors (Lipinski definition) is 0. The Morgan fingerprint density at radius 3 is 1.95 bits per heavy atom. The van der Waals surface area contributed by atoms with E-state index in [9.17, 15) is 9.59 Å². The Morgan fingerprint density at radius 1 is 1.00 bits per heavy atom. The van der Waals surface area contributed by atoms with Crippen molar-refractivity contribution in [2.45, 2.75) is 65.7 Å². The van der Waals surface area contributed by atoms with Crippen LogP contribution < -0.4 is 0 Å². The van der Waals surface area contributed by atoms with Crippen LogP contribution in [-0.2, 0) is 19.1 Å². The molecule has 0 radical (unpaired) electrons. The molecule has 2 aliphatic carbocycles. The van der Waals surface area contributed by atoms with Gasteiger partial charge in [0.1, 0.15) is 0 Å². The number of carbonyl (C=O) groups excluding carboxylic acids is 2. The van der Waals surface area contributed by atoms with E-state index in [0.29, 0.717) is 19.1 Å². The molecule has 0 amide bonds. The molecule has 22 heavy (non-hydrogen) atoms. The van der Waals surface area contributed by atoms with Gasteiger partial charge in [0.15, 0.2) is 5.41 Å². The van der Waals surface area contributed by atoms with Crippen molar-refractivity contribution in [1.82, 2.24) is 0 Å². The standard InChI is InChI=1S/C18H30O4/c1-4-6-10-21-16(19)18(17(20)22-11-7-5-2)13(3)14-8-9-15(18)12-14/h13-15H,4-12H2,1-3H3. The topological polar surface area (TPSA) is 52.6 Å². The maximum Gasteiger partial charge on any atom is 0.324 e. The average molecular weight is 310 g/mol. The van der Waals surface area contributed by atoms with Gasteiger partial charge in [0, 0.05) is 0 Å². The van der Waals surface area contributed by atoms with Gasteiger partial charge in [-0.15, -0.1) is 0 Å². The molecule has 0 aromatic rings. The molecule has 2 fully saturated rings. The molecule has 2 aliphatic rings. The van der Waals surface area contributed by atoms with Crippen molar-refractivity contribution in [2.75, 3.05) is 13.2 Å². The average Bonchev–Trinajstić information content (AvgIpc) is 3.08. The lowest BCUT2D eigenvalue weighted by molar-refractivity contribution is -0.181. The van der Waals surface area contributed by atoms with Crippen LogP contribution in [0.15, 0.2) is 0 Å². The summed E-state index contributed by atoms with van der Waals surface area (Å²) in [6, 6.07) is 0. The zero-order valence-electron chi connectivity index (χ0n) is 14.2. The fourth-order valence-electron chi connectivity index (χ4n) is 4.27. The molecule has 0 aliphatic heterocycles. The van der Waals surface area contributed by atoms with Crippen LogP contribution in [0.2, 0.25) is 0 Å². The Bertz CT molecular complexity index is 378. The summed E-state index contributed by atoms with van der Waals surface area (Å²) < 4.78 is 11.0. The van der Waals surface area contributed by atoms with E-state index in [-0.39, 0.29) is 23.8 Å². The molecular formula is C18H30O4. The zero-order valence-corrected chi connectivity index (χ0v) is 14.2. The summed E-state index contributed by atoms with van der Waals surface area (Å²) in [4.78, 5) is 25.6. The number of hydrogen-bond acceptors (Lipinski definition) is 4. The molecule has 3 unspecified atom stereocenters. The van der Waals surface area contributed by atoms with Gasteiger partial charge in [0.05, 0.1) is 13.2 Å². The smallest absolute Gasteiger partial charge is 0.324 e. The quantitative estimate of drug-likeness (QED) is 0.389. The zero-order chi connectivity index (χ0) is 16.2. The summed E-state index contributed by atoms with van der Waals surface area (Å²) in [6.45, 7) is 6.96. The van der Waals surface area contributed by atoms with Crippen molar-refractivity contribution in [3.63, 3.8) is 0 Å². The number of carbonyl (C=O) groups is 2. The molecule has 2 saturated carbocycles. The minimum atomic E-state index is -1.04. The normalized spacial score (nSPS) is 28.6. The van der Waals surface area contributed by atoms with Gasteiger partial charge in [-0.05, 0) is 49.9 Å². The summed E-state index contributed by atoms with van der Waals surface area (Å²) in [5, 5.41) is 0. The van der Waals surface area contributed by atoms with Crippen LogP contribution >= 0.6 is 0 Å². The van der Waals surface area contributed by atoms with Crippen molar-refractivity contribution >= 4 is 11.9 Å².